The van der Waals surface area contributed by atoms with Crippen molar-refractivity contribution >= 4 is 6.08 Å². The molecule has 13 nitrogen and oxygen atoms in total. The first-order chi connectivity index (χ1) is 19.7. The number of methoxy groups -OCH3 is 4. The van der Waals surface area contributed by atoms with E-state index in [0.29, 0.717) is 5.56 Å². The fraction of sp³-hybridized carbons (Fsp3) is 0.500. The quantitative estimate of drug-likeness (QED) is 0.180. The molecule has 0 radical (unpaired) electrons. The van der Waals surface area contributed by atoms with Crippen molar-refractivity contribution in [3.8, 4) is 34.5 Å². The SMILES string of the molecule is COc1cc([C@@H](O)[C@@H](CO)Oc2c(OC)cc(/C=C/CO)cc2OC)cc(OC)c1O[C@@H]1O[C@H](CO)C[C@H](O)[C@H]1O. The van der Waals surface area contributed by atoms with Crippen LogP contribution in [-0.4, -0.2) is 110 Å². The van der Waals surface area contributed by atoms with Crippen molar-refractivity contribution in [1.29, 1.82) is 0 Å². The molecule has 13 heteroatoms. The number of ether oxygens (including phenoxy) is 7. The molecule has 3 rings (SSSR count). The summed E-state index contributed by atoms with van der Waals surface area (Å²) in [5.41, 5.74) is 0.889. The first-order valence-corrected chi connectivity index (χ1v) is 12.8. The summed E-state index contributed by atoms with van der Waals surface area (Å²) in [5.74, 6) is 0.843. The van der Waals surface area contributed by atoms with E-state index in [4.69, 9.17) is 38.3 Å². The molecule has 228 valence electrons. The molecule has 0 amide bonds. The van der Waals surface area contributed by atoms with Gasteiger partial charge in [0, 0.05) is 6.42 Å². The number of aliphatic hydroxyl groups is 6. The molecule has 1 heterocycles. The van der Waals surface area contributed by atoms with Crippen LogP contribution < -0.4 is 28.4 Å². The maximum absolute atomic E-state index is 11.3. The van der Waals surface area contributed by atoms with Crippen LogP contribution in [0.3, 0.4) is 0 Å². The van der Waals surface area contributed by atoms with Gasteiger partial charge in [0.05, 0.1) is 60.5 Å². The molecule has 1 saturated heterocycles. The number of rotatable bonds is 14. The average molecular weight is 583 g/mol. The lowest BCUT2D eigenvalue weighted by Crippen LogP contribution is -2.51. The normalized spacial score (nSPS) is 22.2. The number of hydrogen-bond acceptors (Lipinski definition) is 13. The molecule has 1 aliphatic heterocycles. The van der Waals surface area contributed by atoms with E-state index in [2.05, 4.69) is 0 Å². The lowest BCUT2D eigenvalue weighted by atomic mass is 10.0. The molecule has 1 fully saturated rings. The molecule has 2 aromatic carbocycles. The van der Waals surface area contributed by atoms with E-state index < -0.39 is 43.4 Å². The summed E-state index contributed by atoms with van der Waals surface area (Å²) in [5, 5.41) is 60.5. The summed E-state index contributed by atoms with van der Waals surface area (Å²) in [6.45, 7) is -1.15. The Morgan fingerprint density at radius 3 is 1.93 bits per heavy atom. The largest absolute Gasteiger partial charge is 0.493 e. The highest BCUT2D eigenvalue weighted by molar-refractivity contribution is 5.62. The van der Waals surface area contributed by atoms with Gasteiger partial charge in [-0.25, -0.2) is 0 Å². The van der Waals surface area contributed by atoms with Gasteiger partial charge >= 0.3 is 0 Å². The van der Waals surface area contributed by atoms with Gasteiger partial charge in [0.15, 0.2) is 29.1 Å². The fourth-order valence-electron chi connectivity index (χ4n) is 4.30. The number of hydrogen-bond donors (Lipinski definition) is 6. The maximum atomic E-state index is 11.3. The zero-order chi connectivity index (χ0) is 30.1. The molecule has 6 N–H and O–H groups in total. The second kappa shape index (κ2) is 15.1. The first-order valence-electron chi connectivity index (χ1n) is 12.8. The fourth-order valence-corrected chi connectivity index (χ4v) is 4.30. The van der Waals surface area contributed by atoms with Gasteiger partial charge in [-0.1, -0.05) is 12.2 Å². The van der Waals surface area contributed by atoms with Crippen molar-refractivity contribution in [3.05, 3.63) is 41.5 Å². The molecule has 0 aromatic heterocycles. The van der Waals surface area contributed by atoms with Gasteiger partial charge in [0.25, 0.3) is 0 Å². The zero-order valence-electron chi connectivity index (χ0n) is 23.3. The van der Waals surface area contributed by atoms with Crippen LogP contribution >= 0.6 is 0 Å². The van der Waals surface area contributed by atoms with Crippen molar-refractivity contribution < 1.29 is 63.8 Å². The minimum Gasteiger partial charge on any atom is -0.493 e. The van der Waals surface area contributed by atoms with Crippen molar-refractivity contribution in [2.24, 2.45) is 0 Å². The molecule has 0 spiro atoms. The summed E-state index contributed by atoms with van der Waals surface area (Å²) in [7, 11) is 5.55. The van der Waals surface area contributed by atoms with E-state index in [0.717, 1.165) is 0 Å². The summed E-state index contributed by atoms with van der Waals surface area (Å²) in [6, 6.07) is 6.15. The average Bonchev–Trinajstić information content (AvgIpc) is 3.00. The Labute approximate surface area is 237 Å². The Hall–Kier alpha value is -3.30. The van der Waals surface area contributed by atoms with Crippen molar-refractivity contribution in [2.45, 2.75) is 43.2 Å². The second-order valence-electron chi connectivity index (χ2n) is 9.10. The molecule has 0 aliphatic carbocycles. The molecule has 6 atom stereocenters. The van der Waals surface area contributed by atoms with Crippen molar-refractivity contribution in [1.82, 2.24) is 0 Å². The van der Waals surface area contributed by atoms with Crippen LogP contribution in [0.4, 0.5) is 0 Å². The van der Waals surface area contributed by atoms with Crippen LogP contribution in [0.15, 0.2) is 30.3 Å². The predicted octanol–water partition coefficient (Wildman–Crippen LogP) is 0.408. The molecule has 0 bridgehead atoms. The standard InChI is InChI=1S/C28H38O13/c1-35-19-8-15(6-5-7-29)9-20(36-2)26(19)40-23(14-31)24(33)16-10-21(37-3)27(22(11-16)38-4)41-28-25(34)18(32)12-17(13-30)39-28/h5-6,8-11,17-18,23-25,28-34H,7,12-14H2,1-4H3/b6-5+/t17-,18-,23+,24+,25+,28-/m0/s1. The van der Waals surface area contributed by atoms with Gasteiger partial charge in [-0.15, -0.1) is 0 Å². The summed E-state index contributed by atoms with van der Waals surface area (Å²) in [6.07, 6.45) is -4.11. The third-order valence-electron chi connectivity index (χ3n) is 6.47. The van der Waals surface area contributed by atoms with Crippen LogP contribution in [0.2, 0.25) is 0 Å². The Morgan fingerprint density at radius 2 is 1.44 bits per heavy atom. The number of benzene rings is 2. The van der Waals surface area contributed by atoms with Gasteiger partial charge in [0.2, 0.25) is 17.8 Å². The van der Waals surface area contributed by atoms with Crippen LogP contribution in [0.5, 0.6) is 34.5 Å². The third-order valence-corrected chi connectivity index (χ3v) is 6.47. The summed E-state index contributed by atoms with van der Waals surface area (Å²) >= 11 is 0. The summed E-state index contributed by atoms with van der Waals surface area (Å²) in [4.78, 5) is 0. The molecule has 1 aliphatic rings. The van der Waals surface area contributed by atoms with Gasteiger partial charge in [-0.05, 0) is 35.4 Å². The lowest BCUT2D eigenvalue weighted by molar-refractivity contribution is -0.241. The molecular weight excluding hydrogens is 544 g/mol. The zero-order valence-corrected chi connectivity index (χ0v) is 23.3. The predicted molar refractivity (Wildman–Crippen MR) is 145 cm³/mol. The van der Waals surface area contributed by atoms with Gasteiger partial charge in [-0.2, -0.15) is 0 Å². The smallest absolute Gasteiger partial charge is 0.229 e. The van der Waals surface area contributed by atoms with E-state index in [9.17, 15) is 25.5 Å². The monoisotopic (exact) mass is 582 g/mol. The van der Waals surface area contributed by atoms with Crippen molar-refractivity contribution in [3.63, 3.8) is 0 Å². The molecule has 2 aromatic rings. The number of aliphatic hydroxyl groups excluding tert-OH is 6. The lowest BCUT2D eigenvalue weighted by Gasteiger charge is -2.36. The van der Waals surface area contributed by atoms with E-state index in [1.807, 2.05) is 0 Å². The minimum absolute atomic E-state index is 0.0112. The Kier molecular flexibility index (Phi) is 11.8. The van der Waals surface area contributed by atoms with Crippen molar-refractivity contribution in [2.75, 3.05) is 48.3 Å². The third kappa shape index (κ3) is 7.51. The highest BCUT2D eigenvalue weighted by atomic mass is 16.7. The van der Waals surface area contributed by atoms with Crippen LogP contribution in [-0.2, 0) is 4.74 Å². The van der Waals surface area contributed by atoms with E-state index in [1.54, 1.807) is 18.2 Å². The first kappa shape index (κ1) is 32.2. The van der Waals surface area contributed by atoms with Crippen LogP contribution in [0, 0.1) is 0 Å². The van der Waals surface area contributed by atoms with E-state index >= 15 is 0 Å². The molecule has 0 unspecified atom stereocenters. The second-order valence-corrected chi connectivity index (χ2v) is 9.10. The van der Waals surface area contributed by atoms with Gasteiger partial charge < -0.3 is 63.8 Å². The molecule has 0 saturated carbocycles. The van der Waals surface area contributed by atoms with Crippen LogP contribution in [0.1, 0.15) is 23.7 Å². The highest BCUT2D eigenvalue weighted by Crippen LogP contribution is 2.44. The summed E-state index contributed by atoms with van der Waals surface area (Å²) < 4.78 is 39.2. The molecule has 41 heavy (non-hydrogen) atoms. The topological polar surface area (TPSA) is 186 Å². The van der Waals surface area contributed by atoms with Crippen LogP contribution in [0.25, 0.3) is 6.08 Å². The van der Waals surface area contributed by atoms with E-state index in [1.165, 1.54) is 46.6 Å². The van der Waals surface area contributed by atoms with Gasteiger partial charge in [-0.3, -0.25) is 0 Å². The Balaban J connectivity index is 1.93. The Morgan fingerprint density at radius 1 is 0.878 bits per heavy atom. The molecular formula is C28H38O13. The minimum atomic E-state index is -1.42. The van der Waals surface area contributed by atoms with E-state index in [-0.39, 0.29) is 59.7 Å². The highest BCUT2D eigenvalue weighted by Gasteiger charge is 2.39. The maximum Gasteiger partial charge on any atom is 0.229 e. The Bertz CT molecular complexity index is 1100. The van der Waals surface area contributed by atoms with Gasteiger partial charge in [0.1, 0.15) is 12.2 Å².